The number of aliphatic hydroxyl groups excluding tert-OH is 1. The van der Waals surface area contributed by atoms with Crippen molar-refractivity contribution in [3.63, 3.8) is 0 Å². The maximum atomic E-state index is 9.50. The predicted octanol–water partition coefficient (Wildman–Crippen LogP) is 0.752. The van der Waals surface area contributed by atoms with Gasteiger partial charge in [-0.15, -0.1) is 0 Å². The molecule has 1 aliphatic heterocycles. The minimum Gasteiger partial charge on any atom is -0.396 e. The minimum absolute atomic E-state index is 0.0821. The third-order valence-corrected chi connectivity index (χ3v) is 3.08. The fourth-order valence-electron chi connectivity index (χ4n) is 2.23. The van der Waals surface area contributed by atoms with Gasteiger partial charge < -0.3 is 9.84 Å². The summed E-state index contributed by atoms with van der Waals surface area (Å²) in [5, 5.41) is 13.6. The van der Waals surface area contributed by atoms with Crippen molar-refractivity contribution in [3.8, 4) is 0 Å². The summed E-state index contributed by atoms with van der Waals surface area (Å²) in [5.41, 5.74) is 1.10. The van der Waals surface area contributed by atoms with Crippen LogP contribution < -0.4 is 0 Å². The lowest BCUT2D eigenvalue weighted by atomic mass is 9.78. The van der Waals surface area contributed by atoms with Crippen molar-refractivity contribution in [3.05, 3.63) is 18.0 Å². The van der Waals surface area contributed by atoms with Crippen molar-refractivity contribution in [1.82, 2.24) is 9.78 Å². The molecule has 1 aromatic heterocycles. The van der Waals surface area contributed by atoms with Crippen molar-refractivity contribution < 1.29 is 9.84 Å². The summed E-state index contributed by atoms with van der Waals surface area (Å²) in [6, 6.07) is 0. The highest BCUT2D eigenvalue weighted by Crippen LogP contribution is 2.31. The molecule has 0 bridgehead atoms. The van der Waals surface area contributed by atoms with Crippen molar-refractivity contribution in [1.29, 1.82) is 0 Å². The molecule has 0 aliphatic carbocycles. The van der Waals surface area contributed by atoms with Gasteiger partial charge in [-0.2, -0.15) is 5.10 Å². The number of hydrogen-bond donors (Lipinski definition) is 1. The Morgan fingerprint density at radius 3 is 3.07 bits per heavy atom. The van der Waals surface area contributed by atoms with Crippen LogP contribution in [0.25, 0.3) is 0 Å². The Labute approximate surface area is 89.9 Å². The van der Waals surface area contributed by atoms with Gasteiger partial charge in [-0.1, -0.05) is 0 Å². The molecule has 2 heterocycles. The Balaban J connectivity index is 2.06. The van der Waals surface area contributed by atoms with Gasteiger partial charge in [-0.05, 0) is 24.8 Å². The largest absolute Gasteiger partial charge is 0.396 e. The zero-order chi connectivity index (χ0) is 10.7. The molecule has 15 heavy (non-hydrogen) atoms. The Hall–Kier alpha value is -0.870. The third kappa shape index (κ3) is 2.38. The summed E-state index contributed by atoms with van der Waals surface area (Å²) in [5.74, 6) is 0. The molecule has 1 saturated heterocycles. The molecule has 1 N–H and O–H groups in total. The van der Waals surface area contributed by atoms with Crippen LogP contribution in [0.3, 0.4) is 0 Å². The molecule has 1 atom stereocenters. The first kappa shape index (κ1) is 10.6. The number of aliphatic hydroxyl groups is 1. The second-order valence-electron chi connectivity index (χ2n) is 4.51. The highest BCUT2D eigenvalue weighted by molar-refractivity contribution is 5.08. The van der Waals surface area contributed by atoms with E-state index < -0.39 is 0 Å². The maximum Gasteiger partial charge on any atom is 0.0547 e. The highest BCUT2D eigenvalue weighted by atomic mass is 16.5. The molecular weight excluding hydrogens is 192 g/mol. The van der Waals surface area contributed by atoms with E-state index in [0.29, 0.717) is 6.61 Å². The second-order valence-corrected chi connectivity index (χ2v) is 4.51. The molecule has 0 saturated carbocycles. The lowest BCUT2D eigenvalue weighted by Gasteiger charge is -2.35. The van der Waals surface area contributed by atoms with E-state index in [4.69, 9.17) is 4.74 Å². The summed E-state index contributed by atoms with van der Waals surface area (Å²) >= 11 is 0. The summed E-state index contributed by atoms with van der Waals surface area (Å²) in [6.07, 6.45) is 6.81. The number of hydrogen-bond acceptors (Lipinski definition) is 3. The zero-order valence-electron chi connectivity index (χ0n) is 9.15. The van der Waals surface area contributed by atoms with Crippen LogP contribution in [-0.4, -0.2) is 34.7 Å². The molecular formula is C11H18N2O2. The Morgan fingerprint density at radius 2 is 2.53 bits per heavy atom. The fraction of sp³-hybridized carbons (Fsp3) is 0.727. The van der Waals surface area contributed by atoms with Crippen molar-refractivity contribution in [2.75, 3.05) is 19.8 Å². The lowest BCUT2D eigenvalue weighted by Crippen LogP contribution is -2.37. The summed E-state index contributed by atoms with van der Waals surface area (Å²) in [4.78, 5) is 0. The Morgan fingerprint density at radius 1 is 1.67 bits per heavy atom. The van der Waals surface area contributed by atoms with E-state index in [1.165, 1.54) is 5.56 Å². The van der Waals surface area contributed by atoms with E-state index in [2.05, 4.69) is 5.10 Å². The molecule has 0 radical (unpaired) electrons. The average Bonchev–Trinajstić information content (AvgIpc) is 2.65. The monoisotopic (exact) mass is 210 g/mol. The van der Waals surface area contributed by atoms with E-state index in [1.807, 2.05) is 19.4 Å². The lowest BCUT2D eigenvalue weighted by molar-refractivity contribution is -0.0379. The summed E-state index contributed by atoms with van der Waals surface area (Å²) in [6.45, 7) is 1.69. The molecule has 0 amide bonds. The van der Waals surface area contributed by atoms with Gasteiger partial charge in [0.1, 0.15) is 0 Å². The standard InChI is InChI=1S/C11H18N2O2/c1-13-7-10(6-12-13)5-11(8-14)3-2-4-15-9-11/h6-7,14H,2-5,8-9H2,1H3. The van der Waals surface area contributed by atoms with E-state index in [-0.39, 0.29) is 12.0 Å². The first-order chi connectivity index (χ1) is 7.24. The molecule has 0 spiro atoms. The summed E-state index contributed by atoms with van der Waals surface area (Å²) in [7, 11) is 1.91. The van der Waals surface area contributed by atoms with Gasteiger partial charge in [0.05, 0.1) is 19.4 Å². The van der Waals surface area contributed by atoms with Crippen LogP contribution in [0.4, 0.5) is 0 Å². The van der Waals surface area contributed by atoms with E-state index in [1.54, 1.807) is 4.68 Å². The molecule has 1 fully saturated rings. The first-order valence-electron chi connectivity index (χ1n) is 5.40. The SMILES string of the molecule is Cn1cc(CC2(CO)CCCOC2)cn1. The van der Waals surface area contributed by atoms with Gasteiger partial charge in [0.25, 0.3) is 0 Å². The normalized spacial score (nSPS) is 26.8. The van der Waals surface area contributed by atoms with E-state index in [0.717, 1.165) is 25.9 Å². The van der Waals surface area contributed by atoms with Gasteiger partial charge in [-0.3, -0.25) is 4.68 Å². The van der Waals surface area contributed by atoms with Gasteiger partial charge in [0.2, 0.25) is 0 Å². The van der Waals surface area contributed by atoms with Crippen LogP contribution in [-0.2, 0) is 18.2 Å². The molecule has 1 aromatic rings. The maximum absolute atomic E-state index is 9.50. The summed E-state index contributed by atoms with van der Waals surface area (Å²) < 4.78 is 7.26. The van der Waals surface area contributed by atoms with E-state index >= 15 is 0 Å². The van der Waals surface area contributed by atoms with Gasteiger partial charge in [-0.25, -0.2) is 0 Å². The van der Waals surface area contributed by atoms with Crippen LogP contribution in [0.1, 0.15) is 18.4 Å². The molecule has 2 rings (SSSR count). The average molecular weight is 210 g/mol. The van der Waals surface area contributed by atoms with Gasteiger partial charge >= 0.3 is 0 Å². The number of aromatic nitrogens is 2. The Kier molecular flexibility index (Phi) is 3.07. The number of aryl methyl sites for hydroxylation is 1. The quantitative estimate of drug-likeness (QED) is 0.801. The topological polar surface area (TPSA) is 47.3 Å². The molecule has 1 unspecified atom stereocenters. The van der Waals surface area contributed by atoms with Crippen LogP contribution in [0.5, 0.6) is 0 Å². The van der Waals surface area contributed by atoms with E-state index in [9.17, 15) is 5.11 Å². The fourth-order valence-corrected chi connectivity index (χ4v) is 2.23. The van der Waals surface area contributed by atoms with Crippen molar-refractivity contribution in [2.24, 2.45) is 12.5 Å². The van der Waals surface area contributed by atoms with Gasteiger partial charge in [0.15, 0.2) is 0 Å². The zero-order valence-corrected chi connectivity index (χ0v) is 9.15. The molecule has 4 heteroatoms. The van der Waals surface area contributed by atoms with Crippen molar-refractivity contribution >= 4 is 0 Å². The highest BCUT2D eigenvalue weighted by Gasteiger charge is 2.32. The minimum atomic E-state index is -0.0821. The molecule has 0 aromatic carbocycles. The smallest absolute Gasteiger partial charge is 0.0547 e. The number of rotatable bonds is 3. The molecule has 4 nitrogen and oxygen atoms in total. The number of ether oxygens (including phenoxy) is 1. The second kappa shape index (κ2) is 4.33. The van der Waals surface area contributed by atoms with Crippen LogP contribution >= 0.6 is 0 Å². The molecule has 84 valence electrons. The third-order valence-electron chi connectivity index (χ3n) is 3.08. The number of nitrogens with zero attached hydrogens (tertiary/aromatic N) is 2. The first-order valence-corrected chi connectivity index (χ1v) is 5.40. The van der Waals surface area contributed by atoms with Gasteiger partial charge in [0, 0.05) is 25.3 Å². The Bertz CT molecular complexity index is 316. The van der Waals surface area contributed by atoms with Crippen LogP contribution in [0, 0.1) is 5.41 Å². The van der Waals surface area contributed by atoms with Crippen LogP contribution in [0.2, 0.25) is 0 Å². The predicted molar refractivity (Wildman–Crippen MR) is 56.5 cm³/mol. The van der Waals surface area contributed by atoms with Crippen LogP contribution in [0.15, 0.2) is 12.4 Å². The van der Waals surface area contributed by atoms with Crippen molar-refractivity contribution in [2.45, 2.75) is 19.3 Å². The molecule has 1 aliphatic rings.